The second-order valence-corrected chi connectivity index (χ2v) is 9.06. The van der Waals surface area contributed by atoms with Crippen molar-refractivity contribution in [3.05, 3.63) is 77.5 Å². The van der Waals surface area contributed by atoms with Crippen LogP contribution in [-0.4, -0.2) is 60.5 Å². The summed E-state index contributed by atoms with van der Waals surface area (Å²) in [6.07, 6.45) is 3.45. The largest absolute Gasteiger partial charge is 0.497 e. The number of nitrogens with zero attached hydrogens (tertiary/aromatic N) is 3. The lowest BCUT2D eigenvalue weighted by molar-refractivity contribution is -0.132. The molecule has 3 heterocycles. The van der Waals surface area contributed by atoms with Crippen molar-refractivity contribution in [2.45, 2.75) is 38.6 Å². The average Bonchev–Trinajstić information content (AvgIpc) is 3.41. The number of aromatic nitrogens is 1. The number of carbonyl (C=O) groups is 2. The maximum absolute atomic E-state index is 13.3. The number of ether oxygens (including phenoxy) is 2. The van der Waals surface area contributed by atoms with Crippen LogP contribution in [0.25, 0.3) is 0 Å². The molecule has 0 unspecified atom stereocenters. The number of furan rings is 1. The number of piperidine rings is 1. The van der Waals surface area contributed by atoms with Crippen LogP contribution >= 0.6 is 0 Å². The molecular formula is C28H33N3O5. The number of aryl methyl sites for hydroxylation is 1. The fourth-order valence-electron chi connectivity index (χ4n) is 4.49. The fourth-order valence-corrected chi connectivity index (χ4v) is 4.49. The number of hydrogen-bond donors (Lipinski definition) is 0. The van der Waals surface area contributed by atoms with Gasteiger partial charge in [-0.15, -0.1) is 0 Å². The van der Waals surface area contributed by atoms with E-state index < -0.39 is 0 Å². The number of methoxy groups -OCH3 is 1. The molecule has 1 aliphatic heterocycles. The molecule has 4 rings (SSSR count). The highest BCUT2D eigenvalue weighted by Crippen LogP contribution is 2.30. The van der Waals surface area contributed by atoms with Crippen molar-refractivity contribution >= 4 is 11.8 Å². The molecule has 0 N–H and O–H groups in total. The Hall–Kier alpha value is -3.81. The Bertz CT molecular complexity index is 1170. The van der Waals surface area contributed by atoms with Crippen molar-refractivity contribution in [2.75, 3.05) is 33.9 Å². The van der Waals surface area contributed by atoms with Gasteiger partial charge in [0.25, 0.3) is 5.91 Å². The molecule has 8 heteroatoms. The molecule has 0 spiro atoms. The number of rotatable bonds is 9. The average molecular weight is 492 g/mol. The number of hydrogen-bond acceptors (Lipinski definition) is 6. The number of carbonyl (C=O) groups excluding carboxylic acids is 2. The molecule has 2 aromatic heterocycles. The minimum absolute atomic E-state index is 0.0722. The minimum atomic E-state index is -0.0814. The van der Waals surface area contributed by atoms with E-state index in [2.05, 4.69) is 0 Å². The van der Waals surface area contributed by atoms with E-state index in [0.29, 0.717) is 44.0 Å². The zero-order valence-electron chi connectivity index (χ0n) is 21.1. The van der Waals surface area contributed by atoms with Crippen molar-refractivity contribution in [1.29, 1.82) is 0 Å². The van der Waals surface area contributed by atoms with Crippen molar-refractivity contribution in [1.82, 2.24) is 14.8 Å². The third-order valence-corrected chi connectivity index (χ3v) is 6.47. The number of amides is 2. The van der Waals surface area contributed by atoms with Crippen molar-refractivity contribution in [3.8, 4) is 11.5 Å². The Balaban J connectivity index is 1.33. The lowest BCUT2D eigenvalue weighted by Gasteiger charge is -2.33. The summed E-state index contributed by atoms with van der Waals surface area (Å²) in [4.78, 5) is 34.3. The van der Waals surface area contributed by atoms with Crippen LogP contribution in [0.2, 0.25) is 0 Å². The molecule has 0 radical (unpaired) electrons. The molecule has 1 saturated heterocycles. The Labute approximate surface area is 211 Å². The first-order valence-electron chi connectivity index (χ1n) is 12.2. The summed E-state index contributed by atoms with van der Waals surface area (Å²) in [6.45, 7) is 3.91. The number of benzene rings is 1. The molecular weight excluding hydrogens is 458 g/mol. The molecule has 3 aromatic rings. The highest BCUT2D eigenvalue weighted by molar-refractivity contribution is 5.95. The standard InChI is InChI=1S/C28H33N3O5/c1-20-9-10-25(28(33)30(2)19-24-8-5-16-35-24)27(29-20)21-11-14-31(15-12-21)26(32)13-17-36-23-7-4-6-22(18-23)34-3/h4-10,16,18,21H,11-15,17,19H2,1-3H3. The summed E-state index contributed by atoms with van der Waals surface area (Å²) < 4.78 is 16.3. The second-order valence-electron chi connectivity index (χ2n) is 9.06. The van der Waals surface area contributed by atoms with Gasteiger partial charge in [0.15, 0.2) is 0 Å². The third kappa shape index (κ3) is 6.24. The van der Waals surface area contributed by atoms with Crippen molar-refractivity contribution in [2.24, 2.45) is 0 Å². The van der Waals surface area contributed by atoms with Gasteiger partial charge in [0.2, 0.25) is 5.91 Å². The van der Waals surface area contributed by atoms with Crippen molar-refractivity contribution < 1.29 is 23.5 Å². The Kier molecular flexibility index (Phi) is 8.25. The van der Waals surface area contributed by atoms with Gasteiger partial charge in [-0.1, -0.05) is 6.07 Å². The first-order chi connectivity index (χ1) is 17.4. The molecule has 190 valence electrons. The van der Waals surface area contributed by atoms with Crippen LogP contribution in [0.5, 0.6) is 11.5 Å². The Morgan fingerprint density at radius 2 is 1.89 bits per heavy atom. The summed E-state index contributed by atoms with van der Waals surface area (Å²) >= 11 is 0. The monoisotopic (exact) mass is 491 g/mol. The molecule has 0 atom stereocenters. The quantitative estimate of drug-likeness (QED) is 0.440. The maximum Gasteiger partial charge on any atom is 0.255 e. The van der Waals surface area contributed by atoms with Crippen molar-refractivity contribution in [3.63, 3.8) is 0 Å². The number of pyridine rings is 1. The van der Waals surface area contributed by atoms with E-state index in [1.165, 1.54) is 0 Å². The van der Waals surface area contributed by atoms with Gasteiger partial charge in [-0.25, -0.2) is 0 Å². The van der Waals surface area contributed by atoms with Gasteiger partial charge >= 0.3 is 0 Å². The maximum atomic E-state index is 13.3. The molecule has 1 fully saturated rings. The van der Waals surface area contributed by atoms with Gasteiger partial charge in [-0.2, -0.15) is 0 Å². The van der Waals surface area contributed by atoms with Crippen LogP contribution in [0.15, 0.2) is 59.2 Å². The van der Waals surface area contributed by atoms with Crippen LogP contribution in [0.3, 0.4) is 0 Å². The molecule has 0 aliphatic carbocycles. The molecule has 1 aliphatic rings. The summed E-state index contributed by atoms with van der Waals surface area (Å²) in [5, 5.41) is 0. The minimum Gasteiger partial charge on any atom is -0.497 e. The van der Waals surface area contributed by atoms with E-state index in [9.17, 15) is 9.59 Å². The third-order valence-electron chi connectivity index (χ3n) is 6.47. The molecule has 2 amide bonds. The van der Waals surface area contributed by atoms with E-state index in [1.807, 2.05) is 54.3 Å². The summed E-state index contributed by atoms with van der Waals surface area (Å²) in [7, 11) is 3.37. The summed E-state index contributed by atoms with van der Waals surface area (Å²) in [5.74, 6) is 2.24. The molecule has 0 saturated carbocycles. The molecule has 36 heavy (non-hydrogen) atoms. The lowest BCUT2D eigenvalue weighted by atomic mass is 9.89. The Morgan fingerprint density at radius 1 is 1.11 bits per heavy atom. The first-order valence-corrected chi connectivity index (χ1v) is 12.2. The molecule has 8 nitrogen and oxygen atoms in total. The van der Waals surface area contributed by atoms with Gasteiger partial charge in [0, 0.05) is 37.8 Å². The van der Waals surface area contributed by atoms with Crippen LogP contribution in [0, 0.1) is 6.92 Å². The predicted molar refractivity (Wildman–Crippen MR) is 135 cm³/mol. The predicted octanol–water partition coefficient (Wildman–Crippen LogP) is 4.44. The van der Waals surface area contributed by atoms with E-state index in [0.717, 1.165) is 35.7 Å². The van der Waals surface area contributed by atoms with Crippen LogP contribution in [0.4, 0.5) is 0 Å². The van der Waals surface area contributed by atoms with Crippen LogP contribution in [-0.2, 0) is 11.3 Å². The number of likely N-dealkylation sites (tertiary alicyclic amines) is 1. The Morgan fingerprint density at radius 3 is 2.61 bits per heavy atom. The van der Waals surface area contributed by atoms with Crippen LogP contribution in [0.1, 0.15) is 52.7 Å². The van der Waals surface area contributed by atoms with Gasteiger partial charge in [0.05, 0.1) is 44.2 Å². The lowest BCUT2D eigenvalue weighted by Crippen LogP contribution is -2.39. The van der Waals surface area contributed by atoms with E-state index in [4.69, 9.17) is 18.9 Å². The highest BCUT2D eigenvalue weighted by atomic mass is 16.5. The van der Waals surface area contributed by atoms with E-state index in [-0.39, 0.29) is 17.7 Å². The molecule has 0 bridgehead atoms. The first kappa shape index (κ1) is 25.3. The highest BCUT2D eigenvalue weighted by Gasteiger charge is 2.29. The topological polar surface area (TPSA) is 85.1 Å². The zero-order valence-corrected chi connectivity index (χ0v) is 21.1. The van der Waals surface area contributed by atoms with Gasteiger partial charge in [-0.3, -0.25) is 14.6 Å². The van der Waals surface area contributed by atoms with E-state index in [1.54, 1.807) is 31.4 Å². The summed E-state index contributed by atoms with van der Waals surface area (Å²) in [5.41, 5.74) is 2.31. The summed E-state index contributed by atoms with van der Waals surface area (Å²) in [6, 6.07) is 14.8. The van der Waals surface area contributed by atoms with Gasteiger partial charge < -0.3 is 23.7 Å². The SMILES string of the molecule is COc1cccc(OCCC(=O)N2CCC(c3nc(C)ccc3C(=O)N(C)Cc3ccco3)CC2)c1. The zero-order chi connectivity index (χ0) is 25.5. The normalized spacial score (nSPS) is 13.9. The van der Waals surface area contributed by atoms with Gasteiger partial charge in [0.1, 0.15) is 17.3 Å². The smallest absolute Gasteiger partial charge is 0.255 e. The van der Waals surface area contributed by atoms with Crippen LogP contribution < -0.4 is 9.47 Å². The van der Waals surface area contributed by atoms with Gasteiger partial charge in [-0.05, 0) is 56.2 Å². The fraction of sp³-hybridized carbons (Fsp3) is 0.393. The second kappa shape index (κ2) is 11.7. The van der Waals surface area contributed by atoms with E-state index >= 15 is 0 Å². The molecule has 1 aromatic carbocycles.